The maximum atomic E-state index is 13.8. The average Bonchev–Trinajstić information content (AvgIpc) is 2.80. The molecule has 4 heteroatoms. The van der Waals surface area contributed by atoms with Crippen LogP contribution >= 0.6 is 0 Å². The quantitative estimate of drug-likeness (QED) is 0.322. The molecule has 0 aromatic carbocycles. The number of hydrogen-bond donors (Lipinski definition) is 3. The molecule has 0 aromatic heterocycles. The van der Waals surface area contributed by atoms with Crippen molar-refractivity contribution in [3.05, 3.63) is 11.6 Å². The predicted octanol–water partition coefficient (Wildman–Crippen LogP) is 5.87. The molecule has 0 heterocycles. The van der Waals surface area contributed by atoms with E-state index in [0.29, 0.717) is 24.7 Å². The average molecular weight is 510 g/mol. The Morgan fingerprint density at radius 1 is 0.973 bits per heavy atom. The Bertz CT molecular complexity index is 1040. The summed E-state index contributed by atoms with van der Waals surface area (Å²) in [6, 6.07) is 0. The third kappa shape index (κ3) is 3.45. The van der Waals surface area contributed by atoms with Crippen LogP contribution in [0, 0.1) is 62.6 Å². The first-order chi connectivity index (χ1) is 17.1. The zero-order chi connectivity index (χ0) is 27.2. The van der Waals surface area contributed by atoms with Gasteiger partial charge >= 0.3 is 0 Å². The lowest BCUT2D eigenvalue weighted by molar-refractivity contribution is -0.215. The minimum Gasteiger partial charge on any atom is -0.393 e. The van der Waals surface area contributed by atoms with Crippen LogP contribution in [0.1, 0.15) is 106 Å². The SMILES string of the molecule is C#CCNC(=O)[C@]12CCC(C)(C)C[C@H]1C1=CC[C@@H]3[C@@]4(C)CC[C@H](O)C(C)(C)[C@@H]4CC[C@@]3(C)[C@]1(C)C[C@H]2O. The lowest BCUT2D eigenvalue weighted by Gasteiger charge is -2.71. The van der Waals surface area contributed by atoms with E-state index in [0.717, 1.165) is 44.9 Å². The molecule has 5 rings (SSSR count). The minimum absolute atomic E-state index is 0.0377. The van der Waals surface area contributed by atoms with E-state index in [9.17, 15) is 15.0 Å². The summed E-state index contributed by atoms with van der Waals surface area (Å²) < 4.78 is 0. The van der Waals surface area contributed by atoms with E-state index < -0.39 is 11.5 Å². The highest BCUT2D eigenvalue weighted by Gasteiger charge is 2.71. The van der Waals surface area contributed by atoms with Crippen molar-refractivity contribution >= 4 is 5.91 Å². The van der Waals surface area contributed by atoms with Crippen LogP contribution in [0.3, 0.4) is 0 Å². The summed E-state index contributed by atoms with van der Waals surface area (Å²) in [6.07, 6.45) is 15.5. The number of terminal acetylenes is 1. The molecule has 0 radical (unpaired) electrons. The number of rotatable bonds is 2. The van der Waals surface area contributed by atoms with Crippen LogP contribution in [0.4, 0.5) is 0 Å². The third-order valence-electron chi connectivity index (χ3n) is 13.4. The molecule has 206 valence electrons. The van der Waals surface area contributed by atoms with Crippen LogP contribution in [0.5, 0.6) is 0 Å². The summed E-state index contributed by atoms with van der Waals surface area (Å²) in [5.41, 5.74) is 0.752. The van der Waals surface area contributed by atoms with Gasteiger partial charge in [0.25, 0.3) is 0 Å². The monoisotopic (exact) mass is 509 g/mol. The lowest BCUT2D eigenvalue weighted by Crippen LogP contribution is -2.68. The van der Waals surface area contributed by atoms with Crippen molar-refractivity contribution in [2.75, 3.05) is 6.54 Å². The Morgan fingerprint density at radius 3 is 2.35 bits per heavy atom. The van der Waals surface area contributed by atoms with E-state index in [1.807, 2.05) is 0 Å². The van der Waals surface area contributed by atoms with Gasteiger partial charge in [0.2, 0.25) is 5.91 Å². The van der Waals surface area contributed by atoms with Crippen LogP contribution in [0.25, 0.3) is 0 Å². The van der Waals surface area contributed by atoms with Crippen LogP contribution in [0.15, 0.2) is 11.6 Å². The van der Waals surface area contributed by atoms with Gasteiger partial charge in [-0.15, -0.1) is 6.42 Å². The summed E-state index contributed by atoms with van der Waals surface area (Å²) in [6.45, 7) is 16.9. The van der Waals surface area contributed by atoms with Gasteiger partial charge in [-0.3, -0.25) is 4.79 Å². The lowest BCUT2D eigenvalue weighted by atomic mass is 9.33. The number of amides is 1. The van der Waals surface area contributed by atoms with Crippen molar-refractivity contribution in [2.45, 2.75) is 118 Å². The second-order valence-electron chi connectivity index (χ2n) is 15.7. The zero-order valence-corrected chi connectivity index (χ0v) is 24.4. The van der Waals surface area contributed by atoms with Crippen molar-refractivity contribution in [2.24, 2.45) is 50.2 Å². The van der Waals surface area contributed by atoms with E-state index in [4.69, 9.17) is 6.42 Å². The summed E-state index contributed by atoms with van der Waals surface area (Å²) in [5.74, 6) is 3.55. The van der Waals surface area contributed by atoms with Gasteiger partial charge in [-0.05, 0) is 103 Å². The Hall–Kier alpha value is -1.31. The second kappa shape index (κ2) is 8.34. The van der Waals surface area contributed by atoms with Crippen molar-refractivity contribution in [1.29, 1.82) is 0 Å². The Labute approximate surface area is 225 Å². The molecular formula is C33H51NO3. The Kier molecular flexibility index (Phi) is 6.15. The highest BCUT2D eigenvalue weighted by Crippen LogP contribution is 2.75. The largest absolute Gasteiger partial charge is 0.393 e. The van der Waals surface area contributed by atoms with Crippen molar-refractivity contribution < 1.29 is 15.0 Å². The molecular weight excluding hydrogens is 458 g/mol. The van der Waals surface area contributed by atoms with Crippen LogP contribution < -0.4 is 5.32 Å². The fourth-order valence-corrected chi connectivity index (χ4v) is 11.0. The number of nitrogens with one attached hydrogen (secondary N) is 1. The molecule has 4 saturated carbocycles. The second-order valence-corrected chi connectivity index (χ2v) is 15.7. The molecule has 4 fully saturated rings. The van der Waals surface area contributed by atoms with E-state index in [1.165, 1.54) is 5.57 Å². The third-order valence-corrected chi connectivity index (χ3v) is 13.4. The molecule has 9 atom stereocenters. The molecule has 0 aromatic rings. The molecule has 0 bridgehead atoms. The highest BCUT2D eigenvalue weighted by atomic mass is 16.3. The van der Waals surface area contributed by atoms with Gasteiger partial charge in [-0.2, -0.15) is 0 Å². The van der Waals surface area contributed by atoms with Crippen molar-refractivity contribution in [3.8, 4) is 12.3 Å². The summed E-state index contributed by atoms with van der Waals surface area (Å²) in [4.78, 5) is 13.8. The zero-order valence-electron chi connectivity index (χ0n) is 24.4. The van der Waals surface area contributed by atoms with Crippen LogP contribution in [0.2, 0.25) is 0 Å². The first kappa shape index (κ1) is 27.3. The van der Waals surface area contributed by atoms with E-state index in [1.54, 1.807) is 0 Å². The first-order valence-electron chi connectivity index (χ1n) is 14.9. The highest BCUT2D eigenvalue weighted by molar-refractivity contribution is 5.85. The van der Waals surface area contributed by atoms with Gasteiger partial charge < -0.3 is 15.5 Å². The smallest absolute Gasteiger partial charge is 0.230 e. The number of aliphatic hydroxyl groups is 2. The van der Waals surface area contributed by atoms with Gasteiger partial charge in [0, 0.05) is 0 Å². The molecule has 0 aliphatic heterocycles. The van der Waals surface area contributed by atoms with Gasteiger partial charge in [0.15, 0.2) is 0 Å². The minimum atomic E-state index is -0.793. The van der Waals surface area contributed by atoms with Crippen LogP contribution in [-0.4, -0.2) is 34.9 Å². The molecule has 4 nitrogen and oxygen atoms in total. The molecule has 5 aliphatic rings. The maximum Gasteiger partial charge on any atom is 0.230 e. The van der Waals surface area contributed by atoms with Crippen molar-refractivity contribution in [3.63, 3.8) is 0 Å². The molecule has 37 heavy (non-hydrogen) atoms. The fourth-order valence-electron chi connectivity index (χ4n) is 11.0. The molecule has 0 spiro atoms. The molecule has 0 saturated heterocycles. The van der Waals surface area contributed by atoms with E-state index in [-0.39, 0.29) is 51.5 Å². The number of allylic oxidation sites excluding steroid dienone is 2. The number of fused-ring (bicyclic) bond motifs is 7. The Balaban J connectivity index is 1.61. The molecule has 3 N–H and O–H groups in total. The molecule has 0 unspecified atom stereocenters. The van der Waals surface area contributed by atoms with Crippen molar-refractivity contribution in [1.82, 2.24) is 5.32 Å². The summed E-state index contributed by atoms with van der Waals surface area (Å²) >= 11 is 0. The first-order valence-corrected chi connectivity index (χ1v) is 14.9. The van der Waals surface area contributed by atoms with E-state index in [2.05, 4.69) is 65.8 Å². The number of aliphatic hydroxyl groups excluding tert-OH is 2. The Morgan fingerprint density at radius 2 is 1.68 bits per heavy atom. The number of carbonyl (C=O) groups excluding carboxylic acids is 1. The van der Waals surface area contributed by atoms with E-state index >= 15 is 0 Å². The van der Waals surface area contributed by atoms with Gasteiger partial charge in [-0.25, -0.2) is 0 Å². The maximum absolute atomic E-state index is 13.8. The topological polar surface area (TPSA) is 69.6 Å². The van der Waals surface area contributed by atoms with Gasteiger partial charge in [0.05, 0.1) is 24.2 Å². The molecule has 1 amide bonds. The fraction of sp³-hybridized carbons (Fsp3) is 0.848. The van der Waals surface area contributed by atoms with Gasteiger partial charge in [0.1, 0.15) is 0 Å². The number of carbonyl (C=O) groups is 1. The van der Waals surface area contributed by atoms with Crippen LogP contribution in [-0.2, 0) is 4.79 Å². The predicted molar refractivity (Wildman–Crippen MR) is 148 cm³/mol. The molecule has 5 aliphatic carbocycles. The normalized spacial score (nSPS) is 49.7. The summed E-state index contributed by atoms with van der Waals surface area (Å²) in [7, 11) is 0. The standard InChI is InChI=1S/C33H51NO3/c1-9-18-34-27(37)33-17-16-28(2,3)19-22(33)21-10-11-24-30(6)14-13-25(35)29(4,5)23(30)12-15-31(24,7)32(21,8)20-26(33)36/h1,10,22-26,35-36H,11-20H2,2-8H3,(H,34,37)/t22-,23-,24+,25-,26+,30-,31+,32+,33+/m0/s1. The summed E-state index contributed by atoms with van der Waals surface area (Å²) in [5, 5.41) is 26.0. The van der Waals surface area contributed by atoms with Gasteiger partial charge in [-0.1, -0.05) is 66.0 Å². The number of hydrogen-bond acceptors (Lipinski definition) is 3.